The van der Waals surface area contributed by atoms with Gasteiger partial charge in [-0.3, -0.25) is 4.79 Å². The molecule has 0 bridgehead atoms. The lowest BCUT2D eigenvalue weighted by Gasteiger charge is -2.23. The fraction of sp³-hybridized carbons (Fsp3) is 0.750. The van der Waals surface area contributed by atoms with E-state index in [0.717, 1.165) is 12.1 Å². The lowest BCUT2D eigenvalue weighted by Crippen LogP contribution is -2.38. The van der Waals surface area contributed by atoms with Gasteiger partial charge in [0.25, 0.3) is 0 Å². The second-order valence-corrected chi connectivity index (χ2v) is 3.84. The van der Waals surface area contributed by atoms with Crippen LogP contribution in [0.3, 0.4) is 0 Å². The Kier molecular flexibility index (Phi) is 1.14. The summed E-state index contributed by atoms with van der Waals surface area (Å²) in [5.74, 6) is 0.586. The quantitative estimate of drug-likeness (QED) is 0.555. The van der Waals surface area contributed by atoms with Crippen LogP contribution in [0.4, 0.5) is 0 Å². The molecule has 0 amide bonds. The molecule has 3 nitrogen and oxygen atoms in total. The number of carbonyl (C=O) groups is 1. The Bertz CT molecular complexity index is 242. The number of hydrogen-bond acceptors (Lipinski definition) is 3. The zero-order valence-electron chi connectivity index (χ0n) is 6.85. The molecule has 0 spiro atoms. The second-order valence-electron chi connectivity index (χ2n) is 3.84. The maximum Gasteiger partial charge on any atom is 0.179 e. The largest absolute Gasteiger partial charge is 0.303 e. The molecule has 1 unspecified atom stereocenters. The molecule has 1 N–H and O–H groups in total. The summed E-state index contributed by atoms with van der Waals surface area (Å²) in [5.41, 5.74) is 3.77. The molecule has 0 aromatic rings. The minimum Gasteiger partial charge on any atom is -0.303 e. The van der Waals surface area contributed by atoms with E-state index in [4.69, 9.17) is 0 Å². The maximum absolute atomic E-state index is 11.2. The molecule has 1 aliphatic heterocycles. The van der Waals surface area contributed by atoms with E-state index in [1.54, 1.807) is 0 Å². The first-order valence-electron chi connectivity index (χ1n) is 3.99. The van der Waals surface area contributed by atoms with Crippen LogP contribution in [-0.2, 0) is 4.79 Å². The number of nitrogens with zero attached hydrogens (tertiary/aromatic N) is 1. The second kappa shape index (κ2) is 1.84. The average molecular weight is 152 g/mol. The van der Waals surface area contributed by atoms with Crippen LogP contribution >= 0.6 is 0 Å². The fourth-order valence-electron chi connectivity index (χ4n) is 1.86. The number of nitrogens with one attached hydrogen (secondary N) is 1. The van der Waals surface area contributed by atoms with Crippen molar-refractivity contribution in [3.05, 3.63) is 0 Å². The molecule has 60 valence electrons. The summed E-state index contributed by atoms with van der Waals surface area (Å²) in [7, 11) is 0. The molecule has 1 saturated carbocycles. The van der Waals surface area contributed by atoms with Crippen LogP contribution in [0.2, 0.25) is 0 Å². The molecular formula is C8H12N2O. The smallest absolute Gasteiger partial charge is 0.179 e. The van der Waals surface area contributed by atoms with E-state index in [9.17, 15) is 4.79 Å². The molecule has 1 fully saturated rings. The van der Waals surface area contributed by atoms with E-state index >= 15 is 0 Å². The lowest BCUT2D eigenvalue weighted by atomic mass is 9.87. The van der Waals surface area contributed by atoms with Crippen LogP contribution in [0.5, 0.6) is 0 Å². The van der Waals surface area contributed by atoms with E-state index < -0.39 is 0 Å². The van der Waals surface area contributed by atoms with Gasteiger partial charge in [0.15, 0.2) is 5.78 Å². The summed E-state index contributed by atoms with van der Waals surface area (Å²) in [6, 6.07) is 0. The Morgan fingerprint density at radius 1 is 1.64 bits per heavy atom. The van der Waals surface area contributed by atoms with Crippen LogP contribution in [0.1, 0.15) is 26.7 Å². The van der Waals surface area contributed by atoms with Gasteiger partial charge in [0.1, 0.15) is 5.71 Å². The number of rotatable bonds is 0. The van der Waals surface area contributed by atoms with Crippen molar-refractivity contribution in [3.63, 3.8) is 0 Å². The van der Waals surface area contributed by atoms with Crippen LogP contribution < -0.4 is 5.43 Å². The zero-order valence-corrected chi connectivity index (χ0v) is 6.85. The van der Waals surface area contributed by atoms with Crippen molar-refractivity contribution in [2.75, 3.05) is 0 Å². The Labute approximate surface area is 65.9 Å². The van der Waals surface area contributed by atoms with E-state index in [1.165, 1.54) is 0 Å². The summed E-state index contributed by atoms with van der Waals surface area (Å²) in [4.78, 5) is 11.2. The van der Waals surface area contributed by atoms with Crippen molar-refractivity contribution in [2.24, 2.45) is 11.0 Å². The monoisotopic (exact) mass is 152 g/mol. The lowest BCUT2D eigenvalue weighted by molar-refractivity contribution is -0.112. The summed E-state index contributed by atoms with van der Waals surface area (Å²) >= 11 is 0. The molecule has 0 radical (unpaired) electrons. The molecule has 2 rings (SSSR count). The van der Waals surface area contributed by atoms with E-state index in [0.29, 0.717) is 12.3 Å². The average Bonchev–Trinajstić information content (AvgIpc) is 2.39. The van der Waals surface area contributed by atoms with Gasteiger partial charge < -0.3 is 5.43 Å². The van der Waals surface area contributed by atoms with Crippen molar-refractivity contribution in [1.29, 1.82) is 0 Å². The van der Waals surface area contributed by atoms with Gasteiger partial charge in [-0.25, -0.2) is 0 Å². The molecule has 1 aliphatic carbocycles. The highest BCUT2D eigenvalue weighted by Crippen LogP contribution is 2.33. The first kappa shape index (κ1) is 6.83. The summed E-state index contributed by atoms with van der Waals surface area (Å²) in [5, 5.41) is 4.05. The van der Waals surface area contributed by atoms with Gasteiger partial charge in [-0.1, -0.05) is 0 Å². The molecule has 1 atom stereocenters. The third-order valence-electron chi connectivity index (χ3n) is 2.61. The Morgan fingerprint density at radius 2 is 2.36 bits per heavy atom. The molecule has 1 heterocycles. The van der Waals surface area contributed by atoms with Crippen molar-refractivity contribution >= 4 is 11.5 Å². The topological polar surface area (TPSA) is 41.5 Å². The standard InChI is InChI=1S/C8H12N2O/c1-8(2)5-3-4-6(11)7(5)9-10-8/h5,10H,3-4H2,1-2H3. The predicted molar refractivity (Wildman–Crippen MR) is 42.4 cm³/mol. The van der Waals surface area contributed by atoms with Gasteiger partial charge in [0.05, 0.1) is 5.54 Å². The molecule has 2 aliphatic rings. The number of fused-ring (bicyclic) bond motifs is 1. The number of carbonyl (C=O) groups excluding carboxylic acids is 1. The van der Waals surface area contributed by atoms with Crippen molar-refractivity contribution < 1.29 is 4.79 Å². The van der Waals surface area contributed by atoms with Crippen LogP contribution in [0.15, 0.2) is 5.10 Å². The summed E-state index contributed by atoms with van der Waals surface area (Å²) in [6.45, 7) is 4.18. The molecule has 0 aromatic carbocycles. The number of Topliss-reactive ketones (excluding diaryl/α,β-unsaturated/α-hetero) is 1. The number of hydrogen-bond donors (Lipinski definition) is 1. The Hall–Kier alpha value is -0.860. The predicted octanol–water partition coefficient (Wildman–Crippen LogP) is 0.703. The molecule has 0 saturated heterocycles. The first-order chi connectivity index (χ1) is 5.11. The van der Waals surface area contributed by atoms with Gasteiger partial charge in [0.2, 0.25) is 0 Å². The highest BCUT2D eigenvalue weighted by Gasteiger charge is 2.44. The van der Waals surface area contributed by atoms with Crippen molar-refractivity contribution in [2.45, 2.75) is 32.2 Å². The first-order valence-corrected chi connectivity index (χ1v) is 3.99. The summed E-state index contributed by atoms with van der Waals surface area (Å²) in [6.07, 6.45) is 1.66. The maximum atomic E-state index is 11.2. The third kappa shape index (κ3) is 0.800. The minimum absolute atomic E-state index is 0.00148. The SMILES string of the molecule is CC1(C)NN=C2C(=O)CCC21. The van der Waals surface area contributed by atoms with Gasteiger partial charge in [-0.15, -0.1) is 0 Å². The van der Waals surface area contributed by atoms with E-state index in [2.05, 4.69) is 24.4 Å². The molecular weight excluding hydrogens is 140 g/mol. The minimum atomic E-state index is 0.00148. The van der Waals surface area contributed by atoms with Crippen LogP contribution in [-0.4, -0.2) is 17.0 Å². The fourth-order valence-corrected chi connectivity index (χ4v) is 1.86. The molecule has 3 heteroatoms. The summed E-state index contributed by atoms with van der Waals surface area (Å²) < 4.78 is 0. The van der Waals surface area contributed by atoms with Gasteiger partial charge in [0, 0.05) is 12.3 Å². The number of ketones is 1. The Morgan fingerprint density at radius 3 is 3.00 bits per heavy atom. The third-order valence-corrected chi connectivity index (χ3v) is 2.61. The van der Waals surface area contributed by atoms with Gasteiger partial charge in [-0.05, 0) is 20.3 Å². The highest BCUT2D eigenvalue weighted by atomic mass is 16.1. The Balaban J connectivity index is 2.33. The zero-order chi connectivity index (χ0) is 8.06. The van der Waals surface area contributed by atoms with Crippen molar-refractivity contribution in [3.8, 4) is 0 Å². The van der Waals surface area contributed by atoms with Crippen LogP contribution in [0.25, 0.3) is 0 Å². The van der Waals surface area contributed by atoms with Crippen LogP contribution in [0, 0.1) is 5.92 Å². The highest BCUT2D eigenvalue weighted by molar-refractivity contribution is 6.43. The van der Waals surface area contributed by atoms with E-state index in [1.807, 2.05) is 0 Å². The number of hydrazone groups is 1. The van der Waals surface area contributed by atoms with Gasteiger partial charge >= 0.3 is 0 Å². The van der Waals surface area contributed by atoms with E-state index in [-0.39, 0.29) is 11.3 Å². The van der Waals surface area contributed by atoms with Gasteiger partial charge in [-0.2, -0.15) is 5.10 Å². The van der Waals surface area contributed by atoms with Crippen molar-refractivity contribution in [1.82, 2.24) is 5.43 Å². The normalized spacial score (nSPS) is 33.1. The molecule has 11 heavy (non-hydrogen) atoms. The molecule has 0 aromatic heterocycles.